The van der Waals surface area contributed by atoms with Gasteiger partial charge in [0.25, 0.3) is 5.91 Å². The SMILES string of the molecule is COc1cccc(NC(=O)c2cc(C)[nH]n2)c1. The minimum absolute atomic E-state index is 0.248. The van der Waals surface area contributed by atoms with Crippen molar-refractivity contribution in [3.63, 3.8) is 0 Å². The second kappa shape index (κ2) is 4.69. The first-order chi connectivity index (χ1) is 8.19. The largest absolute Gasteiger partial charge is 0.497 e. The van der Waals surface area contributed by atoms with E-state index in [1.807, 2.05) is 19.1 Å². The molecule has 0 bridgehead atoms. The van der Waals surface area contributed by atoms with Gasteiger partial charge < -0.3 is 10.1 Å². The van der Waals surface area contributed by atoms with Gasteiger partial charge in [-0.1, -0.05) is 6.07 Å². The number of nitrogens with zero attached hydrogens (tertiary/aromatic N) is 1. The molecule has 1 aromatic heterocycles. The van der Waals surface area contributed by atoms with E-state index < -0.39 is 0 Å². The van der Waals surface area contributed by atoms with Gasteiger partial charge in [-0.25, -0.2) is 0 Å². The molecule has 0 aliphatic heterocycles. The number of hydrogen-bond donors (Lipinski definition) is 2. The number of rotatable bonds is 3. The lowest BCUT2D eigenvalue weighted by Crippen LogP contribution is -2.12. The second-order valence-electron chi connectivity index (χ2n) is 3.62. The Morgan fingerprint density at radius 1 is 1.41 bits per heavy atom. The summed E-state index contributed by atoms with van der Waals surface area (Å²) in [6.45, 7) is 1.84. The molecular weight excluding hydrogens is 218 g/mol. The molecule has 2 rings (SSSR count). The number of carbonyl (C=O) groups is 1. The molecule has 0 unspecified atom stereocenters. The minimum Gasteiger partial charge on any atom is -0.497 e. The van der Waals surface area contributed by atoms with E-state index in [-0.39, 0.29) is 5.91 Å². The maximum Gasteiger partial charge on any atom is 0.276 e. The van der Waals surface area contributed by atoms with Crippen LogP contribution in [0.25, 0.3) is 0 Å². The number of ether oxygens (including phenoxy) is 1. The van der Waals surface area contributed by atoms with E-state index in [1.165, 1.54) is 0 Å². The predicted octanol–water partition coefficient (Wildman–Crippen LogP) is 1.98. The fraction of sp³-hybridized carbons (Fsp3) is 0.167. The second-order valence-corrected chi connectivity index (χ2v) is 3.62. The summed E-state index contributed by atoms with van der Waals surface area (Å²) < 4.78 is 5.07. The molecule has 0 fully saturated rings. The first kappa shape index (κ1) is 11.2. The number of hydrogen-bond acceptors (Lipinski definition) is 3. The van der Waals surface area contributed by atoms with E-state index in [1.54, 1.807) is 25.3 Å². The third kappa shape index (κ3) is 2.63. The Bertz CT molecular complexity index is 534. The first-order valence-corrected chi connectivity index (χ1v) is 5.16. The van der Waals surface area contributed by atoms with Crippen LogP contribution in [0.2, 0.25) is 0 Å². The number of H-pyrrole nitrogens is 1. The molecule has 0 saturated carbocycles. The highest BCUT2D eigenvalue weighted by Crippen LogP contribution is 2.17. The molecule has 5 nitrogen and oxygen atoms in total. The molecule has 2 N–H and O–H groups in total. The summed E-state index contributed by atoms with van der Waals surface area (Å²) in [5.74, 6) is 0.448. The quantitative estimate of drug-likeness (QED) is 0.848. The molecule has 0 spiro atoms. The lowest BCUT2D eigenvalue weighted by Gasteiger charge is -2.05. The summed E-state index contributed by atoms with van der Waals surface area (Å²) in [4.78, 5) is 11.8. The van der Waals surface area contributed by atoms with Gasteiger partial charge in [0.15, 0.2) is 5.69 Å². The number of nitrogens with one attached hydrogen (secondary N) is 2. The Hall–Kier alpha value is -2.30. The van der Waals surface area contributed by atoms with Crippen LogP contribution in [0.4, 0.5) is 5.69 Å². The van der Waals surface area contributed by atoms with Gasteiger partial charge in [0, 0.05) is 17.4 Å². The molecule has 0 saturated heterocycles. The summed E-state index contributed by atoms with van der Waals surface area (Å²) >= 11 is 0. The lowest BCUT2D eigenvalue weighted by atomic mass is 10.3. The Kier molecular flexibility index (Phi) is 3.09. The number of carbonyl (C=O) groups excluding carboxylic acids is 1. The summed E-state index contributed by atoms with van der Waals surface area (Å²) in [5, 5.41) is 9.35. The molecule has 88 valence electrons. The molecule has 1 aromatic carbocycles. The molecule has 1 heterocycles. The number of aromatic nitrogens is 2. The fourth-order valence-corrected chi connectivity index (χ4v) is 1.43. The molecule has 1 amide bonds. The average Bonchev–Trinajstić information content (AvgIpc) is 2.76. The van der Waals surface area contributed by atoms with Crippen molar-refractivity contribution < 1.29 is 9.53 Å². The molecule has 17 heavy (non-hydrogen) atoms. The third-order valence-electron chi connectivity index (χ3n) is 2.27. The topological polar surface area (TPSA) is 67.0 Å². The summed E-state index contributed by atoms with van der Waals surface area (Å²) in [5.41, 5.74) is 1.89. The van der Waals surface area contributed by atoms with Gasteiger partial charge in [-0.3, -0.25) is 9.89 Å². The van der Waals surface area contributed by atoms with Gasteiger partial charge >= 0.3 is 0 Å². The molecule has 0 radical (unpaired) electrons. The van der Waals surface area contributed by atoms with Crippen molar-refractivity contribution in [2.45, 2.75) is 6.92 Å². The van der Waals surface area contributed by atoms with Crippen molar-refractivity contribution in [1.29, 1.82) is 0 Å². The molecule has 0 atom stereocenters. The van der Waals surface area contributed by atoms with E-state index in [2.05, 4.69) is 15.5 Å². The van der Waals surface area contributed by atoms with Crippen molar-refractivity contribution in [3.8, 4) is 5.75 Å². The van der Waals surface area contributed by atoms with Crippen LogP contribution in [0.3, 0.4) is 0 Å². The maximum atomic E-state index is 11.8. The predicted molar refractivity (Wildman–Crippen MR) is 64.3 cm³/mol. The molecular formula is C12H13N3O2. The first-order valence-electron chi connectivity index (χ1n) is 5.16. The Balaban J connectivity index is 2.12. The highest BCUT2D eigenvalue weighted by atomic mass is 16.5. The van der Waals surface area contributed by atoms with Crippen molar-refractivity contribution >= 4 is 11.6 Å². The van der Waals surface area contributed by atoms with Crippen LogP contribution in [0.1, 0.15) is 16.2 Å². The fourth-order valence-electron chi connectivity index (χ4n) is 1.43. The van der Waals surface area contributed by atoms with Crippen LogP contribution in [0.15, 0.2) is 30.3 Å². The van der Waals surface area contributed by atoms with Gasteiger partial charge in [0.05, 0.1) is 7.11 Å². The van der Waals surface area contributed by atoms with Crippen LogP contribution in [-0.4, -0.2) is 23.2 Å². The number of anilines is 1. The Morgan fingerprint density at radius 3 is 2.88 bits per heavy atom. The van der Waals surface area contributed by atoms with Crippen molar-refractivity contribution in [2.24, 2.45) is 0 Å². The van der Waals surface area contributed by atoms with E-state index in [0.29, 0.717) is 17.1 Å². The Labute approximate surface area is 98.8 Å². The molecule has 0 aliphatic carbocycles. The van der Waals surface area contributed by atoms with Gasteiger partial charge in [0.2, 0.25) is 0 Å². The highest BCUT2D eigenvalue weighted by Gasteiger charge is 2.09. The van der Waals surface area contributed by atoms with Crippen LogP contribution >= 0.6 is 0 Å². The van der Waals surface area contributed by atoms with E-state index >= 15 is 0 Å². The van der Waals surface area contributed by atoms with E-state index in [0.717, 1.165) is 5.69 Å². The number of aromatic amines is 1. The molecule has 5 heteroatoms. The number of aryl methyl sites for hydroxylation is 1. The van der Waals surface area contributed by atoms with Crippen molar-refractivity contribution in [3.05, 3.63) is 41.7 Å². The Morgan fingerprint density at radius 2 is 2.24 bits per heavy atom. The number of benzene rings is 1. The summed E-state index contributed by atoms with van der Waals surface area (Å²) in [6.07, 6.45) is 0. The minimum atomic E-state index is -0.248. The zero-order valence-electron chi connectivity index (χ0n) is 9.65. The van der Waals surface area contributed by atoms with Crippen LogP contribution in [0, 0.1) is 6.92 Å². The normalized spacial score (nSPS) is 10.0. The molecule has 0 aliphatic rings. The number of amides is 1. The van der Waals surface area contributed by atoms with Gasteiger partial charge in [-0.05, 0) is 25.1 Å². The monoisotopic (exact) mass is 231 g/mol. The zero-order chi connectivity index (χ0) is 12.3. The smallest absolute Gasteiger partial charge is 0.276 e. The zero-order valence-corrected chi connectivity index (χ0v) is 9.65. The standard InChI is InChI=1S/C12H13N3O2/c1-8-6-11(15-14-8)12(16)13-9-4-3-5-10(7-9)17-2/h3-7H,1-2H3,(H,13,16)(H,14,15). The van der Waals surface area contributed by atoms with E-state index in [9.17, 15) is 4.79 Å². The van der Waals surface area contributed by atoms with E-state index in [4.69, 9.17) is 4.74 Å². The van der Waals surface area contributed by atoms with Crippen LogP contribution < -0.4 is 10.1 Å². The maximum absolute atomic E-state index is 11.8. The third-order valence-corrected chi connectivity index (χ3v) is 2.27. The van der Waals surface area contributed by atoms with Gasteiger partial charge in [-0.2, -0.15) is 5.10 Å². The summed E-state index contributed by atoms with van der Waals surface area (Å²) in [7, 11) is 1.58. The number of methoxy groups -OCH3 is 1. The highest BCUT2D eigenvalue weighted by molar-refractivity contribution is 6.02. The van der Waals surface area contributed by atoms with Crippen molar-refractivity contribution in [1.82, 2.24) is 10.2 Å². The summed E-state index contributed by atoms with van der Waals surface area (Å²) in [6, 6.07) is 8.85. The lowest BCUT2D eigenvalue weighted by molar-refractivity contribution is 0.102. The van der Waals surface area contributed by atoms with Crippen LogP contribution in [0.5, 0.6) is 5.75 Å². The van der Waals surface area contributed by atoms with Crippen molar-refractivity contribution in [2.75, 3.05) is 12.4 Å². The average molecular weight is 231 g/mol. The van der Waals surface area contributed by atoms with Crippen LogP contribution in [-0.2, 0) is 0 Å². The van der Waals surface area contributed by atoms with Gasteiger partial charge in [0.1, 0.15) is 5.75 Å². The molecule has 2 aromatic rings. The van der Waals surface area contributed by atoms with Gasteiger partial charge in [-0.15, -0.1) is 0 Å².